The summed E-state index contributed by atoms with van der Waals surface area (Å²) in [5, 5.41) is 3.33. The lowest BCUT2D eigenvalue weighted by atomic mass is 10.00. The Kier molecular flexibility index (Phi) is 4.65. The third-order valence-corrected chi connectivity index (χ3v) is 5.58. The summed E-state index contributed by atoms with van der Waals surface area (Å²) in [6, 6.07) is 1.66. The van der Waals surface area contributed by atoms with E-state index in [0.717, 1.165) is 25.9 Å². The van der Waals surface area contributed by atoms with E-state index >= 15 is 0 Å². The van der Waals surface area contributed by atoms with Gasteiger partial charge >= 0.3 is 0 Å². The van der Waals surface area contributed by atoms with Gasteiger partial charge in [0.05, 0.1) is 4.90 Å². The molecule has 0 aromatic carbocycles. The molecule has 1 unspecified atom stereocenters. The van der Waals surface area contributed by atoms with Crippen LogP contribution in [0.2, 0.25) is 0 Å². The van der Waals surface area contributed by atoms with Gasteiger partial charge in [0.25, 0.3) is 0 Å². The van der Waals surface area contributed by atoms with E-state index in [2.05, 4.69) is 5.32 Å². The summed E-state index contributed by atoms with van der Waals surface area (Å²) < 4.78 is 28.4. The van der Waals surface area contributed by atoms with E-state index < -0.39 is 10.0 Å². The van der Waals surface area contributed by atoms with Gasteiger partial charge in [0, 0.05) is 32.5 Å². The summed E-state index contributed by atoms with van der Waals surface area (Å²) in [5.74, 6) is 0.423. The lowest BCUT2D eigenvalue weighted by Crippen LogP contribution is -2.40. The highest BCUT2D eigenvalue weighted by Crippen LogP contribution is 2.19. The molecule has 19 heavy (non-hydrogen) atoms. The molecule has 1 aromatic heterocycles. The largest absolute Gasteiger partial charge is 0.356 e. The molecule has 0 aliphatic carbocycles. The van der Waals surface area contributed by atoms with Crippen LogP contribution in [0.15, 0.2) is 23.4 Å². The number of nitrogens with one attached hydrogen (secondary N) is 1. The molecule has 6 heteroatoms. The molecule has 1 aromatic rings. The molecule has 0 radical (unpaired) electrons. The fourth-order valence-electron chi connectivity index (χ4n) is 2.54. The van der Waals surface area contributed by atoms with Gasteiger partial charge in [-0.2, -0.15) is 4.31 Å². The molecule has 2 heterocycles. The summed E-state index contributed by atoms with van der Waals surface area (Å²) in [6.45, 7) is 5.00. The topological polar surface area (TPSA) is 54.3 Å². The monoisotopic (exact) mass is 285 g/mol. The number of aromatic nitrogens is 1. The van der Waals surface area contributed by atoms with Crippen LogP contribution < -0.4 is 5.32 Å². The minimum absolute atomic E-state index is 0.389. The van der Waals surface area contributed by atoms with Crippen molar-refractivity contribution in [2.45, 2.75) is 24.7 Å². The van der Waals surface area contributed by atoms with E-state index in [-0.39, 0.29) is 0 Å². The molecule has 1 aliphatic rings. The van der Waals surface area contributed by atoms with Crippen molar-refractivity contribution in [1.82, 2.24) is 14.2 Å². The number of rotatable bonds is 5. The van der Waals surface area contributed by atoms with Crippen molar-refractivity contribution >= 4 is 10.0 Å². The highest BCUT2D eigenvalue weighted by molar-refractivity contribution is 7.89. The number of hydrogen-bond acceptors (Lipinski definition) is 3. The average molecular weight is 285 g/mol. The second-order valence-electron chi connectivity index (χ2n) is 5.18. The van der Waals surface area contributed by atoms with Gasteiger partial charge in [-0.3, -0.25) is 0 Å². The van der Waals surface area contributed by atoms with Gasteiger partial charge in [0.2, 0.25) is 10.0 Å². The molecule has 108 valence electrons. The van der Waals surface area contributed by atoms with Crippen molar-refractivity contribution < 1.29 is 8.42 Å². The van der Waals surface area contributed by atoms with Crippen molar-refractivity contribution in [1.29, 1.82) is 0 Å². The van der Waals surface area contributed by atoms with Crippen molar-refractivity contribution in [2.75, 3.05) is 26.2 Å². The van der Waals surface area contributed by atoms with Gasteiger partial charge in [0.1, 0.15) is 0 Å². The fraction of sp³-hybridized carbons (Fsp3) is 0.692. The molecule has 1 aliphatic heterocycles. The van der Waals surface area contributed by atoms with Crippen molar-refractivity contribution in [3.63, 3.8) is 0 Å². The Morgan fingerprint density at radius 3 is 2.84 bits per heavy atom. The summed E-state index contributed by atoms with van der Waals surface area (Å²) in [4.78, 5) is 0.389. The van der Waals surface area contributed by atoms with E-state index in [1.807, 2.05) is 14.0 Å². The maximum absolute atomic E-state index is 12.5. The normalized spacial score (nSPS) is 20.9. The average Bonchev–Trinajstić information content (AvgIpc) is 2.84. The Bertz CT molecular complexity index is 504. The predicted molar refractivity (Wildman–Crippen MR) is 75.4 cm³/mol. The van der Waals surface area contributed by atoms with Crippen LogP contribution in [0.3, 0.4) is 0 Å². The molecular weight excluding hydrogens is 262 g/mol. The van der Waals surface area contributed by atoms with Gasteiger partial charge in [-0.1, -0.05) is 6.92 Å². The molecule has 2 rings (SSSR count). The van der Waals surface area contributed by atoms with Crippen LogP contribution in [-0.4, -0.2) is 43.5 Å². The van der Waals surface area contributed by atoms with Crippen LogP contribution in [0, 0.1) is 5.92 Å². The van der Waals surface area contributed by atoms with Crippen molar-refractivity contribution in [3.8, 4) is 0 Å². The SMILES string of the molecule is CCN(CC1CCCNC1)S(=O)(=O)c1ccn(C)c1. The smallest absolute Gasteiger partial charge is 0.244 e. The number of aryl methyl sites for hydroxylation is 1. The third-order valence-electron chi connectivity index (χ3n) is 3.66. The lowest BCUT2D eigenvalue weighted by Gasteiger charge is -2.28. The van der Waals surface area contributed by atoms with Gasteiger partial charge < -0.3 is 9.88 Å². The van der Waals surface area contributed by atoms with Gasteiger partial charge in [-0.25, -0.2) is 8.42 Å². The van der Waals surface area contributed by atoms with E-state index in [0.29, 0.717) is 23.9 Å². The number of nitrogens with zero attached hydrogens (tertiary/aromatic N) is 2. The van der Waals surface area contributed by atoms with Crippen LogP contribution >= 0.6 is 0 Å². The first kappa shape index (κ1) is 14.6. The van der Waals surface area contributed by atoms with Crippen LogP contribution in [0.25, 0.3) is 0 Å². The quantitative estimate of drug-likeness (QED) is 0.879. The maximum atomic E-state index is 12.5. The minimum Gasteiger partial charge on any atom is -0.356 e. The van der Waals surface area contributed by atoms with Crippen LogP contribution in [0.5, 0.6) is 0 Å². The second-order valence-corrected chi connectivity index (χ2v) is 7.12. The summed E-state index contributed by atoms with van der Waals surface area (Å²) in [5.41, 5.74) is 0. The van der Waals surface area contributed by atoms with E-state index in [1.54, 1.807) is 27.3 Å². The Hall–Kier alpha value is -0.850. The van der Waals surface area contributed by atoms with Crippen molar-refractivity contribution in [2.24, 2.45) is 13.0 Å². The molecule has 1 fully saturated rings. The lowest BCUT2D eigenvalue weighted by molar-refractivity contribution is 0.298. The van der Waals surface area contributed by atoms with Crippen LogP contribution in [0.4, 0.5) is 0 Å². The number of sulfonamides is 1. The van der Waals surface area contributed by atoms with Crippen LogP contribution in [-0.2, 0) is 17.1 Å². The summed E-state index contributed by atoms with van der Waals surface area (Å²) >= 11 is 0. The Morgan fingerprint density at radius 1 is 1.53 bits per heavy atom. The first-order valence-electron chi connectivity index (χ1n) is 6.87. The molecule has 1 saturated heterocycles. The molecular formula is C13H23N3O2S. The highest BCUT2D eigenvalue weighted by atomic mass is 32.2. The molecule has 0 bridgehead atoms. The molecule has 0 amide bonds. The van der Waals surface area contributed by atoms with Gasteiger partial charge in [-0.15, -0.1) is 0 Å². The standard InChI is InChI=1S/C13H23N3O2S/c1-3-16(10-12-5-4-7-14-9-12)19(17,18)13-6-8-15(2)11-13/h6,8,11-12,14H,3-5,7,9-10H2,1-2H3. The van der Waals surface area contributed by atoms with Gasteiger partial charge in [-0.05, 0) is 37.9 Å². The first-order chi connectivity index (χ1) is 9.04. The minimum atomic E-state index is -3.34. The van der Waals surface area contributed by atoms with Crippen LogP contribution in [0.1, 0.15) is 19.8 Å². The molecule has 0 spiro atoms. The summed E-state index contributed by atoms with van der Waals surface area (Å²) in [7, 11) is -1.51. The Balaban J connectivity index is 2.11. The molecule has 5 nitrogen and oxygen atoms in total. The fourth-order valence-corrected chi connectivity index (χ4v) is 4.12. The van der Waals surface area contributed by atoms with E-state index in [1.165, 1.54) is 0 Å². The van der Waals surface area contributed by atoms with Gasteiger partial charge in [0.15, 0.2) is 0 Å². The Labute approximate surface area is 115 Å². The zero-order valence-corrected chi connectivity index (χ0v) is 12.5. The zero-order chi connectivity index (χ0) is 13.9. The predicted octanol–water partition coefficient (Wildman–Crippen LogP) is 1.04. The number of piperidine rings is 1. The summed E-state index contributed by atoms with van der Waals surface area (Å²) in [6.07, 6.45) is 5.67. The number of hydrogen-bond donors (Lipinski definition) is 1. The third kappa shape index (κ3) is 3.38. The molecule has 1 atom stereocenters. The van der Waals surface area contributed by atoms with E-state index in [4.69, 9.17) is 0 Å². The Morgan fingerprint density at radius 2 is 2.32 bits per heavy atom. The van der Waals surface area contributed by atoms with Crippen molar-refractivity contribution in [3.05, 3.63) is 18.5 Å². The highest BCUT2D eigenvalue weighted by Gasteiger charge is 2.27. The first-order valence-corrected chi connectivity index (χ1v) is 8.31. The van der Waals surface area contributed by atoms with E-state index in [9.17, 15) is 8.42 Å². The zero-order valence-electron chi connectivity index (χ0n) is 11.7. The second kappa shape index (κ2) is 6.07. The molecule has 0 saturated carbocycles. The molecule has 1 N–H and O–H groups in total. The maximum Gasteiger partial charge on any atom is 0.244 e.